The van der Waals surface area contributed by atoms with Gasteiger partial charge in [0.15, 0.2) is 0 Å². The lowest BCUT2D eigenvalue weighted by Gasteiger charge is -2.20. The summed E-state index contributed by atoms with van der Waals surface area (Å²) < 4.78 is 4.87. The third-order valence-corrected chi connectivity index (χ3v) is 4.21. The van der Waals surface area contributed by atoms with Crippen molar-refractivity contribution in [1.82, 2.24) is 0 Å². The van der Waals surface area contributed by atoms with Gasteiger partial charge in [-0.1, -0.05) is 75.8 Å². The molecule has 0 heterocycles. The standard InChI is InChI=1S/C15H29NO2S2/c1-4-5-6-7-8-9-10-11-12-18-13(17)15(2,3)20-14(16)19/h4-12H2,1-3H3,(H2,16,19). The van der Waals surface area contributed by atoms with E-state index in [9.17, 15) is 4.79 Å². The van der Waals surface area contributed by atoms with Crippen molar-refractivity contribution in [3.8, 4) is 0 Å². The van der Waals surface area contributed by atoms with Crippen molar-refractivity contribution in [2.75, 3.05) is 6.61 Å². The molecule has 0 aromatic rings. The van der Waals surface area contributed by atoms with Gasteiger partial charge in [0, 0.05) is 0 Å². The summed E-state index contributed by atoms with van der Waals surface area (Å²) in [7, 11) is 0. The number of ether oxygens (including phenoxy) is 1. The predicted octanol–water partition coefficient (Wildman–Crippen LogP) is 4.43. The second kappa shape index (κ2) is 11.4. The number of esters is 1. The van der Waals surface area contributed by atoms with E-state index in [4.69, 9.17) is 22.7 Å². The molecule has 5 heteroatoms. The molecule has 118 valence electrons. The largest absolute Gasteiger partial charge is 0.465 e. The zero-order valence-electron chi connectivity index (χ0n) is 13.1. The number of thioether (sulfide) groups is 1. The van der Waals surface area contributed by atoms with Crippen LogP contribution in [-0.4, -0.2) is 21.6 Å². The van der Waals surface area contributed by atoms with Crippen LogP contribution in [0.4, 0.5) is 0 Å². The summed E-state index contributed by atoms with van der Waals surface area (Å²) in [6.45, 7) is 6.29. The van der Waals surface area contributed by atoms with Gasteiger partial charge in [-0.2, -0.15) is 0 Å². The first-order chi connectivity index (χ1) is 9.40. The summed E-state index contributed by atoms with van der Waals surface area (Å²) in [5.74, 6) is -0.238. The third-order valence-electron chi connectivity index (χ3n) is 3.08. The summed E-state index contributed by atoms with van der Waals surface area (Å²) in [6.07, 6.45) is 9.88. The van der Waals surface area contributed by atoms with Crippen molar-refractivity contribution in [3.63, 3.8) is 0 Å². The summed E-state index contributed by atoms with van der Waals surface area (Å²) in [5, 5.41) is 0. The number of thiocarbonyl (C=S) groups is 1. The Hall–Kier alpha value is -0.290. The van der Waals surface area contributed by atoms with Gasteiger partial charge in [-0.3, -0.25) is 4.79 Å². The van der Waals surface area contributed by atoms with E-state index in [1.807, 2.05) is 0 Å². The van der Waals surface area contributed by atoms with Crippen molar-refractivity contribution < 1.29 is 9.53 Å². The quantitative estimate of drug-likeness (QED) is 0.347. The Bertz CT molecular complexity index is 294. The molecule has 0 saturated carbocycles. The first-order valence-electron chi connectivity index (χ1n) is 7.56. The van der Waals surface area contributed by atoms with Gasteiger partial charge in [0.2, 0.25) is 0 Å². The Morgan fingerprint density at radius 2 is 1.60 bits per heavy atom. The Balaban J connectivity index is 3.55. The molecule has 0 rings (SSSR count). The molecular weight excluding hydrogens is 290 g/mol. The molecule has 0 radical (unpaired) electrons. The summed E-state index contributed by atoms with van der Waals surface area (Å²) >= 11 is 5.99. The second-order valence-electron chi connectivity index (χ2n) is 5.54. The summed E-state index contributed by atoms with van der Waals surface area (Å²) in [4.78, 5) is 11.8. The molecule has 0 aromatic heterocycles. The van der Waals surface area contributed by atoms with Gasteiger partial charge in [0.1, 0.15) is 9.07 Å². The Morgan fingerprint density at radius 3 is 2.10 bits per heavy atom. The zero-order chi connectivity index (χ0) is 15.4. The molecule has 0 fully saturated rings. The number of nitrogens with two attached hydrogens (primary N) is 1. The topological polar surface area (TPSA) is 52.3 Å². The summed E-state index contributed by atoms with van der Waals surface area (Å²) in [6, 6.07) is 0. The molecular formula is C15H29NO2S2. The maximum absolute atomic E-state index is 11.8. The monoisotopic (exact) mass is 319 g/mol. The van der Waals surface area contributed by atoms with E-state index in [0.29, 0.717) is 6.61 Å². The van der Waals surface area contributed by atoms with Crippen LogP contribution >= 0.6 is 24.0 Å². The first-order valence-corrected chi connectivity index (χ1v) is 8.78. The van der Waals surface area contributed by atoms with Crippen LogP contribution in [0.1, 0.15) is 72.1 Å². The molecule has 0 saturated heterocycles. The van der Waals surface area contributed by atoms with Crippen LogP contribution in [0.5, 0.6) is 0 Å². The normalized spacial score (nSPS) is 11.3. The Labute approximate surface area is 133 Å². The highest BCUT2D eigenvalue weighted by Crippen LogP contribution is 2.25. The molecule has 20 heavy (non-hydrogen) atoms. The van der Waals surface area contributed by atoms with E-state index in [0.717, 1.165) is 12.8 Å². The highest BCUT2D eigenvalue weighted by atomic mass is 32.2. The van der Waals surface area contributed by atoms with E-state index >= 15 is 0 Å². The number of hydrogen-bond donors (Lipinski definition) is 1. The number of carbonyl (C=O) groups excluding carboxylic acids is 1. The predicted molar refractivity (Wildman–Crippen MR) is 92.0 cm³/mol. The van der Waals surface area contributed by atoms with Crippen LogP contribution in [-0.2, 0) is 9.53 Å². The minimum Gasteiger partial charge on any atom is -0.465 e. The average molecular weight is 320 g/mol. The Morgan fingerprint density at radius 1 is 1.10 bits per heavy atom. The number of carbonyl (C=O) groups is 1. The van der Waals surface area contributed by atoms with Crippen LogP contribution < -0.4 is 5.73 Å². The molecule has 0 unspecified atom stereocenters. The summed E-state index contributed by atoms with van der Waals surface area (Å²) in [5.41, 5.74) is 5.45. The smallest absolute Gasteiger partial charge is 0.322 e. The van der Waals surface area contributed by atoms with E-state index in [-0.39, 0.29) is 10.3 Å². The highest BCUT2D eigenvalue weighted by molar-refractivity contribution is 8.24. The lowest BCUT2D eigenvalue weighted by atomic mass is 10.1. The van der Waals surface area contributed by atoms with Crippen LogP contribution in [0.25, 0.3) is 0 Å². The van der Waals surface area contributed by atoms with Crippen molar-refractivity contribution in [1.29, 1.82) is 0 Å². The average Bonchev–Trinajstić information content (AvgIpc) is 2.35. The van der Waals surface area contributed by atoms with E-state index in [2.05, 4.69) is 6.92 Å². The molecule has 0 aromatic carbocycles. The van der Waals surface area contributed by atoms with Crippen molar-refractivity contribution >= 4 is 34.3 Å². The lowest BCUT2D eigenvalue weighted by Crippen LogP contribution is -2.32. The molecule has 0 aliphatic rings. The van der Waals surface area contributed by atoms with Crippen LogP contribution in [0, 0.1) is 0 Å². The zero-order valence-corrected chi connectivity index (χ0v) is 14.7. The van der Waals surface area contributed by atoms with Gasteiger partial charge >= 0.3 is 5.97 Å². The molecule has 0 atom stereocenters. The maximum Gasteiger partial charge on any atom is 0.322 e. The number of unbranched alkanes of at least 4 members (excludes halogenated alkanes) is 7. The molecule has 0 spiro atoms. The molecule has 0 aliphatic heterocycles. The molecule has 3 nitrogen and oxygen atoms in total. The fourth-order valence-electron chi connectivity index (χ4n) is 1.87. The van der Waals surface area contributed by atoms with Gasteiger partial charge in [0.25, 0.3) is 0 Å². The van der Waals surface area contributed by atoms with Crippen molar-refractivity contribution in [3.05, 3.63) is 0 Å². The molecule has 0 amide bonds. The lowest BCUT2D eigenvalue weighted by molar-refractivity contribution is -0.145. The molecule has 0 bridgehead atoms. The number of rotatable bonds is 11. The van der Waals surface area contributed by atoms with Crippen LogP contribution in [0.2, 0.25) is 0 Å². The SMILES string of the molecule is CCCCCCCCCCOC(=O)C(C)(C)SC(N)=S. The van der Waals surface area contributed by atoms with Crippen LogP contribution in [0.15, 0.2) is 0 Å². The van der Waals surface area contributed by atoms with Gasteiger partial charge in [-0.25, -0.2) is 0 Å². The third kappa shape index (κ3) is 10.5. The maximum atomic E-state index is 11.8. The minimum atomic E-state index is -0.689. The van der Waals surface area contributed by atoms with Crippen molar-refractivity contribution in [2.24, 2.45) is 5.73 Å². The fourth-order valence-corrected chi connectivity index (χ4v) is 3.14. The van der Waals surface area contributed by atoms with Gasteiger partial charge in [-0.15, -0.1) is 0 Å². The van der Waals surface area contributed by atoms with Crippen LogP contribution in [0.3, 0.4) is 0 Å². The second-order valence-corrected chi connectivity index (χ2v) is 7.91. The first kappa shape index (κ1) is 19.7. The van der Waals surface area contributed by atoms with E-state index < -0.39 is 4.75 Å². The van der Waals surface area contributed by atoms with Gasteiger partial charge < -0.3 is 10.5 Å². The highest BCUT2D eigenvalue weighted by Gasteiger charge is 2.31. The number of hydrogen-bond acceptors (Lipinski definition) is 4. The van der Waals surface area contributed by atoms with Gasteiger partial charge in [-0.05, 0) is 20.3 Å². The Kier molecular flexibility index (Phi) is 11.2. The fraction of sp³-hybridized carbons (Fsp3) is 0.867. The van der Waals surface area contributed by atoms with Gasteiger partial charge in [0.05, 0.1) is 6.61 Å². The molecule has 2 N–H and O–H groups in total. The van der Waals surface area contributed by atoms with E-state index in [1.165, 1.54) is 50.3 Å². The van der Waals surface area contributed by atoms with Crippen molar-refractivity contribution in [2.45, 2.75) is 76.9 Å². The van der Waals surface area contributed by atoms with E-state index in [1.54, 1.807) is 13.8 Å². The molecule has 0 aliphatic carbocycles. The minimum absolute atomic E-state index is 0.238.